The van der Waals surface area contributed by atoms with Crippen molar-refractivity contribution in [2.45, 2.75) is 20.3 Å². The van der Waals surface area contributed by atoms with Crippen LogP contribution in [-0.4, -0.2) is 30.3 Å². The second-order valence-corrected chi connectivity index (χ2v) is 2.61. The molecule has 0 heterocycles. The number of aliphatic hydroxyl groups excluding tert-OH is 1. The first kappa shape index (κ1) is 14.3. The van der Waals surface area contributed by atoms with E-state index < -0.39 is 0 Å². The van der Waals surface area contributed by atoms with Gasteiger partial charge < -0.3 is 10.4 Å². The fourth-order valence-corrected chi connectivity index (χ4v) is 0.495. The summed E-state index contributed by atoms with van der Waals surface area (Å²) in [4.78, 5) is 27.1. The van der Waals surface area contributed by atoms with E-state index in [1.54, 1.807) is 0 Å². The lowest BCUT2D eigenvalue weighted by molar-refractivity contribution is -0.191. The summed E-state index contributed by atoms with van der Waals surface area (Å²) in [5.41, 5.74) is 0. The van der Waals surface area contributed by atoms with Crippen molar-refractivity contribution < 1.29 is 19.5 Å². The molecule has 0 atom stereocenters. The fourth-order valence-electron chi connectivity index (χ4n) is 0.495. The van der Waals surface area contributed by atoms with Gasteiger partial charge in [-0.2, -0.15) is 9.59 Å². The molecule has 0 aromatic rings. The lowest BCUT2D eigenvalue weighted by atomic mass is 10.2. The molecule has 0 aliphatic heterocycles. The Balaban J connectivity index is 0. The van der Waals surface area contributed by atoms with Crippen molar-refractivity contribution in [3.63, 3.8) is 0 Å². The second kappa shape index (κ2) is 10.8. The molecule has 0 aromatic heterocycles. The van der Waals surface area contributed by atoms with Gasteiger partial charge in [-0.25, -0.2) is 0 Å². The Morgan fingerprint density at radius 2 is 1.92 bits per heavy atom. The molecule has 76 valence electrons. The molecule has 2 N–H and O–H groups in total. The average molecular weight is 189 g/mol. The Morgan fingerprint density at radius 3 is 2.23 bits per heavy atom. The second-order valence-electron chi connectivity index (χ2n) is 2.61. The topological polar surface area (TPSA) is 83.5 Å². The van der Waals surface area contributed by atoms with E-state index >= 15 is 0 Å². The first-order valence-corrected chi connectivity index (χ1v) is 3.98. The highest BCUT2D eigenvalue weighted by atomic mass is 16.3. The van der Waals surface area contributed by atoms with Crippen molar-refractivity contribution in [1.29, 1.82) is 0 Å². The molecule has 5 heteroatoms. The number of amides is 1. The summed E-state index contributed by atoms with van der Waals surface area (Å²) in [6.45, 7) is 4.40. The number of rotatable bonds is 4. The summed E-state index contributed by atoms with van der Waals surface area (Å²) in [6.07, 6.45) is 0.887. The molecule has 0 aliphatic rings. The Hall–Kier alpha value is -1.19. The van der Waals surface area contributed by atoms with Crippen LogP contribution in [-0.2, 0) is 14.4 Å². The maximum absolute atomic E-state index is 10.8. The van der Waals surface area contributed by atoms with Crippen molar-refractivity contribution in [3.8, 4) is 0 Å². The zero-order valence-corrected chi connectivity index (χ0v) is 7.87. The molecule has 0 aliphatic carbocycles. The zero-order valence-electron chi connectivity index (χ0n) is 7.87. The molecule has 0 saturated carbocycles. The molecule has 13 heavy (non-hydrogen) atoms. The number of aliphatic hydroxyl groups is 1. The van der Waals surface area contributed by atoms with Crippen molar-refractivity contribution in [3.05, 3.63) is 0 Å². The molecule has 0 saturated heterocycles. The number of carbonyl (C=O) groups excluding carboxylic acids is 3. The largest absolute Gasteiger partial charge is 0.396 e. The molecule has 1 amide bonds. The van der Waals surface area contributed by atoms with Crippen LogP contribution in [0.25, 0.3) is 0 Å². The van der Waals surface area contributed by atoms with Gasteiger partial charge in [0, 0.05) is 19.1 Å². The van der Waals surface area contributed by atoms with Crippen LogP contribution in [0.15, 0.2) is 0 Å². The van der Waals surface area contributed by atoms with E-state index in [-0.39, 0.29) is 24.6 Å². The monoisotopic (exact) mass is 189 g/mol. The van der Waals surface area contributed by atoms with Crippen LogP contribution in [0.1, 0.15) is 20.3 Å². The molecule has 0 bridgehead atoms. The summed E-state index contributed by atoms with van der Waals surface area (Å²) in [6, 6.07) is 0. The Morgan fingerprint density at radius 1 is 1.46 bits per heavy atom. The highest BCUT2D eigenvalue weighted by Crippen LogP contribution is 1.89. The molecule has 0 spiro atoms. The van der Waals surface area contributed by atoms with Crippen LogP contribution in [0.4, 0.5) is 0 Å². The molecule has 0 unspecified atom stereocenters. The van der Waals surface area contributed by atoms with E-state index in [2.05, 4.69) is 5.32 Å². The predicted octanol–water partition coefficient (Wildman–Crippen LogP) is -0.443. The van der Waals surface area contributed by atoms with E-state index in [9.17, 15) is 4.79 Å². The normalized spacial score (nSPS) is 8.31. The van der Waals surface area contributed by atoms with Crippen LogP contribution in [0.2, 0.25) is 0 Å². The van der Waals surface area contributed by atoms with Crippen molar-refractivity contribution in [2.75, 3.05) is 13.2 Å². The van der Waals surface area contributed by atoms with Gasteiger partial charge in [-0.15, -0.1) is 0 Å². The van der Waals surface area contributed by atoms with Gasteiger partial charge in [0.1, 0.15) is 0 Å². The average Bonchev–Trinajstić information content (AvgIpc) is 2.06. The molecule has 0 fully saturated rings. The highest BCUT2D eigenvalue weighted by molar-refractivity contribution is 5.77. The Bertz CT molecular complexity index is 162. The first-order chi connectivity index (χ1) is 6.09. The fraction of sp³-hybridized carbons (Fsp3) is 0.750. The van der Waals surface area contributed by atoms with Gasteiger partial charge in [0.2, 0.25) is 5.91 Å². The minimum absolute atomic E-state index is 0.0405. The molecule has 5 nitrogen and oxygen atoms in total. The molecular weight excluding hydrogens is 174 g/mol. The summed E-state index contributed by atoms with van der Waals surface area (Å²) in [5.74, 6) is 0.0899. The third kappa shape index (κ3) is 13.8. The van der Waals surface area contributed by atoms with Crippen molar-refractivity contribution in [2.24, 2.45) is 5.92 Å². The lowest BCUT2D eigenvalue weighted by Crippen LogP contribution is -2.28. The minimum atomic E-state index is 0.0405. The summed E-state index contributed by atoms with van der Waals surface area (Å²) in [7, 11) is 0. The van der Waals surface area contributed by atoms with Gasteiger partial charge in [0.15, 0.2) is 0 Å². The van der Waals surface area contributed by atoms with E-state index in [1.165, 1.54) is 0 Å². The van der Waals surface area contributed by atoms with Crippen LogP contribution >= 0.6 is 0 Å². The first-order valence-electron chi connectivity index (χ1n) is 3.98. The van der Waals surface area contributed by atoms with Gasteiger partial charge in [0.25, 0.3) is 0 Å². The summed E-state index contributed by atoms with van der Waals surface area (Å²) in [5, 5.41) is 11.1. The van der Waals surface area contributed by atoms with Crippen LogP contribution in [0.3, 0.4) is 0 Å². The summed E-state index contributed by atoms with van der Waals surface area (Å²) >= 11 is 0. The van der Waals surface area contributed by atoms with E-state index in [0.29, 0.717) is 13.0 Å². The third-order valence-electron chi connectivity index (χ3n) is 1.16. The Labute approximate surface area is 77.1 Å². The highest BCUT2D eigenvalue weighted by Gasteiger charge is 2.03. The van der Waals surface area contributed by atoms with Gasteiger partial charge in [-0.1, -0.05) is 13.8 Å². The number of carbonyl (C=O) groups is 1. The number of nitrogens with one attached hydrogen (secondary N) is 1. The van der Waals surface area contributed by atoms with E-state index in [4.69, 9.17) is 14.7 Å². The van der Waals surface area contributed by atoms with Gasteiger partial charge in [-0.05, 0) is 6.42 Å². The molecule has 0 aromatic carbocycles. The van der Waals surface area contributed by atoms with Crippen molar-refractivity contribution in [1.82, 2.24) is 5.32 Å². The predicted molar refractivity (Wildman–Crippen MR) is 44.6 cm³/mol. The summed E-state index contributed by atoms with van der Waals surface area (Å²) < 4.78 is 0. The maximum Gasteiger partial charge on any atom is 0.373 e. The van der Waals surface area contributed by atoms with Crippen LogP contribution in [0.5, 0.6) is 0 Å². The van der Waals surface area contributed by atoms with E-state index in [0.717, 1.165) is 0 Å². The standard InChI is InChI=1S/C7H15NO2.CO2/c1-6(2)7(10)8-4-3-5-9;2-1-3/h6,9H,3-5H2,1-2H3,(H,8,10);. The molecular formula is C8H15NO4. The number of hydrogen-bond acceptors (Lipinski definition) is 4. The quantitative estimate of drug-likeness (QED) is 0.587. The van der Waals surface area contributed by atoms with Crippen molar-refractivity contribution >= 4 is 12.1 Å². The maximum atomic E-state index is 10.8. The minimum Gasteiger partial charge on any atom is -0.396 e. The smallest absolute Gasteiger partial charge is 0.373 e. The van der Waals surface area contributed by atoms with Crippen LogP contribution in [0, 0.1) is 5.92 Å². The van der Waals surface area contributed by atoms with Crippen LogP contribution < -0.4 is 5.32 Å². The number of hydrogen-bond donors (Lipinski definition) is 2. The molecule has 0 radical (unpaired) electrons. The van der Waals surface area contributed by atoms with Gasteiger partial charge in [-0.3, -0.25) is 4.79 Å². The van der Waals surface area contributed by atoms with Gasteiger partial charge >= 0.3 is 6.15 Å². The SMILES string of the molecule is CC(C)C(=O)NCCCO.O=C=O. The molecule has 0 rings (SSSR count). The third-order valence-corrected chi connectivity index (χ3v) is 1.16. The van der Waals surface area contributed by atoms with E-state index in [1.807, 2.05) is 13.8 Å². The lowest BCUT2D eigenvalue weighted by Gasteiger charge is -2.05. The zero-order chi connectivity index (χ0) is 10.7. The Kier molecular flexibility index (Phi) is 11.9. The van der Waals surface area contributed by atoms with Gasteiger partial charge in [0.05, 0.1) is 0 Å².